The van der Waals surface area contributed by atoms with Gasteiger partial charge in [0.15, 0.2) is 0 Å². The minimum absolute atomic E-state index is 0.271. The van der Waals surface area contributed by atoms with E-state index >= 15 is 0 Å². The van der Waals surface area contributed by atoms with Crippen molar-refractivity contribution in [3.63, 3.8) is 0 Å². The van der Waals surface area contributed by atoms with Crippen molar-refractivity contribution in [3.8, 4) is 5.75 Å². The highest BCUT2D eigenvalue weighted by Gasteiger charge is 2.13. The van der Waals surface area contributed by atoms with Gasteiger partial charge >= 0.3 is 5.97 Å². The molecule has 0 saturated carbocycles. The number of hydrogen-bond donors (Lipinski definition) is 1. The van der Waals surface area contributed by atoms with Crippen molar-refractivity contribution in [3.05, 3.63) is 64.7 Å². The number of benzene rings is 2. The summed E-state index contributed by atoms with van der Waals surface area (Å²) in [4.78, 5) is 11.8. The van der Waals surface area contributed by atoms with Crippen molar-refractivity contribution in [1.29, 1.82) is 0 Å². The first-order valence-electron chi connectivity index (χ1n) is 8.77. The van der Waals surface area contributed by atoms with Gasteiger partial charge in [0.25, 0.3) is 0 Å². The summed E-state index contributed by atoms with van der Waals surface area (Å²) >= 11 is 0. The minimum Gasteiger partial charge on any atom is -0.493 e. The monoisotopic (exact) mass is 338 g/mol. The number of carbonyl (C=O) groups is 1. The summed E-state index contributed by atoms with van der Waals surface area (Å²) in [5.41, 5.74) is 3.99. The van der Waals surface area contributed by atoms with Crippen LogP contribution in [-0.2, 0) is 4.79 Å². The fourth-order valence-corrected chi connectivity index (χ4v) is 2.60. The summed E-state index contributed by atoms with van der Waals surface area (Å²) in [6.45, 7) is 6.80. The third kappa shape index (κ3) is 5.21. The lowest BCUT2D eigenvalue weighted by Crippen LogP contribution is -2.02. The van der Waals surface area contributed by atoms with E-state index < -0.39 is 5.97 Å². The molecule has 0 amide bonds. The highest BCUT2D eigenvalue weighted by atomic mass is 16.5. The number of aliphatic carboxylic acids is 1. The van der Waals surface area contributed by atoms with Crippen molar-refractivity contribution in [2.75, 3.05) is 6.61 Å². The minimum atomic E-state index is -0.941. The van der Waals surface area contributed by atoms with Crippen LogP contribution in [0.4, 0.5) is 0 Å². The highest BCUT2D eigenvalue weighted by Crippen LogP contribution is 2.26. The maximum atomic E-state index is 11.8. The smallest absolute Gasteiger partial charge is 0.336 e. The first-order valence-corrected chi connectivity index (χ1v) is 8.77. The van der Waals surface area contributed by atoms with E-state index in [9.17, 15) is 9.90 Å². The summed E-state index contributed by atoms with van der Waals surface area (Å²) in [7, 11) is 0. The number of unbranched alkanes of at least 4 members (excludes halogenated alkanes) is 2. The Labute approximate surface area is 150 Å². The van der Waals surface area contributed by atoms with Gasteiger partial charge < -0.3 is 9.84 Å². The van der Waals surface area contributed by atoms with E-state index in [2.05, 4.69) is 6.92 Å². The summed E-state index contributed by atoms with van der Waals surface area (Å²) in [6.07, 6.45) is 4.96. The second-order valence-corrected chi connectivity index (χ2v) is 6.26. The molecule has 0 radical (unpaired) electrons. The Morgan fingerprint density at radius 1 is 1.08 bits per heavy atom. The maximum Gasteiger partial charge on any atom is 0.336 e. The largest absolute Gasteiger partial charge is 0.493 e. The topological polar surface area (TPSA) is 46.5 Å². The van der Waals surface area contributed by atoms with E-state index in [4.69, 9.17) is 4.74 Å². The fraction of sp³-hybridized carbons (Fsp3) is 0.318. The molecule has 0 spiro atoms. The molecule has 0 atom stereocenters. The molecule has 2 aromatic rings. The standard InChI is InChI=1S/C22H26O3/c1-4-5-8-13-25-21-10-7-6-9-19(21)15-20(22(23)24)18-12-11-16(2)17(3)14-18/h6-7,9-12,14-15H,4-5,8,13H2,1-3H3,(H,23,24)/b20-15-. The molecular formula is C22H26O3. The number of rotatable bonds is 8. The van der Waals surface area contributed by atoms with E-state index in [1.54, 1.807) is 6.08 Å². The van der Waals surface area contributed by atoms with Gasteiger partial charge in [0.05, 0.1) is 12.2 Å². The zero-order chi connectivity index (χ0) is 18.2. The van der Waals surface area contributed by atoms with Crippen LogP contribution in [0.2, 0.25) is 0 Å². The molecule has 0 aliphatic carbocycles. The maximum absolute atomic E-state index is 11.8. The first-order chi connectivity index (χ1) is 12.0. The Bertz CT molecular complexity index is 760. The molecule has 0 aliphatic heterocycles. The lowest BCUT2D eigenvalue weighted by molar-refractivity contribution is -0.130. The van der Waals surface area contributed by atoms with Gasteiger partial charge in [0.1, 0.15) is 5.75 Å². The van der Waals surface area contributed by atoms with Crippen molar-refractivity contribution in [2.24, 2.45) is 0 Å². The summed E-state index contributed by atoms with van der Waals surface area (Å²) in [5, 5.41) is 9.68. The van der Waals surface area contributed by atoms with Crippen molar-refractivity contribution in [1.82, 2.24) is 0 Å². The molecular weight excluding hydrogens is 312 g/mol. The predicted molar refractivity (Wildman–Crippen MR) is 103 cm³/mol. The molecule has 0 bridgehead atoms. The number of aryl methyl sites for hydroxylation is 2. The molecule has 2 aromatic carbocycles. The summed E-state index contributed by atoms with van der Waals surface area (Å²) in [5.74, 6) is -0.217. The van der Waals surface area contributed by atoms with Gasteiger partial charge in [-0.2, -0.15) is 0 Å². The van der Waals surface area contributed by atoms with Gasteiger partial charge in [-0.3, -0.25) is 0 Å². The van der Waals surface area contributed by atoms with Gasteiger partial charge in [-0.1, -0.05) is 56.2 Å². The summed E-state index contributed by atoms with van der Waals surface area (Å²) in [6, 6.07) is 13.3. The Morgan fingerprint density at radius 3 is 2.52 bits per heavy atom. The fourth-order valence-electron chi connectivity index (χ4n) is 2.60. The second-order valence-electron chi connectivity index (χ2n) is 6.26. The Hall–Kier alpha value is -2.55. The average molecular weight is 338 g/mol. The van der Waals surface area contributed by atoms with Gasteiger partial charge in [-0.05, 0) is 49.1 Å². The SMILES string of the molecule is CCCCCOc1ccccc1/C=C(\C(=O)O)c1ccc(C)c(C)c1. The number of carboxylic acids is 1. The van der Waals surface area contributed by atoms with Gasteiger partial charge in [-0.25, -0.2) is 4.79 Å². The van der Waals surface area contributed by atoms with Crippen LogP contribution in [0.5, 0.6) is 5.75 Å². The van der Waals surface area contributed by atoms with Crippen LogP contribution in [0.3, 0.4) is 0 Å². The lowest BCUT2D eigenvalue weighted by Gasteiger charge is -2.11. The summed E-state index contributed by atoms with van der Waals surface area (Å²) < 4.78 is 5.86. The Morgan fingerprint density at radius 2 is 1.84 bits per heavy atom. The molecule has 0 aromatic heterocycles. The van der Waals surface area contributed by atoms with E-state index in [1.165, 1.54) is 0 Å². The van der Waals surface area contributed by atoms with Crippen LogP contribution in [0.1, 0.15) is 48.4 Å². The second kappa shape index (κ2) is 9.07. The Kier molecular flexibility index (Phi) is 6.81. The van der Waals surface area contributed by atoms with E-state index in [0.717, 1.165) is 41.7 Å². The molecule has 0 heterocycles. The predicted octanol–water partition coefficient (Wildman–Crippen LogP) is 5.50. The van der Waals surface area contributed by atoms with Crippen molar-refractivity contribution in [2.45, 2.75) is 40.0 Å². The van der Waals surface area contributed by atoms with Gasteiger partial charge in [0.2, 0.25) is 0 Å². The van der Waals surface area contributed by atoms with Gasteiger partial charge in [-0.15, -0.1) is 0 Å². The van der Waals surface area contributed by atoms with Crippen molar-refractivity contribution < 1.29 is 14.6 Å². The molecule has 3 heteroatoms. The Balaban J connectivity index is 2.34. The molecule has 3 nitrogen and oxygen atoms in total. The molecule has 0 saturated heterocycles. The molecule has 0 unspecified atom stereocenters. The van der Waals surface area contributed by atoms with Crippen LogP contribution >= 0.6 is 0 Å². The van der Waals surface area contributed by atoms with Crippen LogP contribution in [0, 0.1) is 13.8 Å². The molecule has 2 rings (SSSR count). The van der Waals surface area contributed by atoms with E-state index in [1.807, 2.05) is 56.3 Å². The molecule has 0 aliphatic rings. The third-order valence-corrected chi connectivity index (χ3v) is 4.27. The molecule has 1 N–H and O–H groups in total. The quantitative estimate of drug-likeness (QED) is 0.393. The number of hydrogen-bond acceptors (Lipinski definition) is 2. The highest BCUT2D eigenvalue weighted by molar-refractivity contribution is 6.20. The number of carboxylic acid groups (broad SMARTS) is 1. The molecule has 25 heavy (non-hydrogen) atoms. The van der Waals surface area contributed by atoms with Crippen LogP contribution in [-0.4, -0.2) is 17.7 Å². The first kappa shape index (κ1) is 18.8. The normalized spacial score (nSPS) is 11.4. The van der Waals surface area contributed by atoms with Gasteiger partial charge in [0, 0.05) is 5.56 Å². The van der Waals surface area contributed by atoms with Crippen LogP contribution in [0.15, 0.2) is 42.5 Å². The van der Waals surface area contributed by atoms with Crippen molar-refractivity contribution >= 4 is 17.6 Å². The lowest BCUT2D eigenvalue weighted by atomic mass is 9.98. The zero-order valence-electron chi connectivity index (χ0n) is 15.2. The van der Waals surface area contributed by atoms with E-state index in [0.29, 0.717) is 12.2 Å². The van der Waals surface area contributed by atoms with Crippen LogP contribution in [0.25, 0.3) is 11.6 Å². The molecule has 132 valence electrons. The zero-order valence-corrected chi connectivity index (χ0v) is 15.2. The number of para-hydroxylation sites is 1. The van der Waals surface area contributed by atoms with E-state index in [-0.39, 0.29) is 5.57 Å². The third-order valence-electron chi connectivity index (χ3n) is 4.27. The number of ether oxygens (including phenoxy) is 1. The average Bonchev–Trinajstić information content (AvgIpc) is 2.60. The molecule has 0 fully saturated rings. The van der Waals surface area contributed by atoms with Crippen LogP contribution < -0.4 is 4.74 Å².